The van der Waals surface area contributed by atoms with E-state index >= 15 is 0 Å². The lowest BCUT2D eigenvalue weighted by Gasteiger charge is -2.48. The van der Waals surface area contributed by atoms with Crippen LogP contribution >= 0.6 is 0 Å². The third-order valence-electron chi connectivity index (χ3n) is 3.43. The van der Waals surface area contributed by atoms with Gasteiger partial charge in [-0.3, -0.25) is 0 Å². The molecular formula is C15H21F2N. The Morgan fingerprint density at radius 3 is 2.22 bits per heavy atom. The molecule has 0 aliphatic carbocycles. The minimum atomic E-state index is -2.59. The van der Waals surface area contributed by atoms with E-state index in [1.165, 1.54) is 0 Å². The summed E-state index contributed by atoms with van der Waals surface area (Å²) in [7, 11) is 0. The first-order chi connectivity index (χ1) is 8.20. The summed E-state index contributed by atoms with van der Waals surface area (Å²) in [6.45, 7) is 5.60. The molecule has 1 aromatic rings. The number of piperidine rings is 1. The predicted octanol–water partition coefficient (Wildman–Crippen LogP) is 3.79. The summed E-state index contributed by atoms with van der Waals surface area (Å²) in [6, 6.07) is 9.83. The SMILES string of the molecule is CC1(C)CC(F)(F)CC(C)(Cc2ccccc2)N1. The Morgan fingerprint density at radius 1 is 1.06 bits per heavy atom. The van der Waals surface area contributed by atoms with Crippen LogP contribution in [-0.2, 0) is 6.42 Å². The van der Waals surface area contributed by atoms with Crippen LogP contribution < -0.4 is 5.32 Å². The Labute approximate surface area is 108 Å². The fourth-order valence-electron chi connectivity index (χ4n) is 3.34. The number of halogens is 2. The van der Waals surface area contributed by atoms with E-state index in [9.17, 15) is 8.78 Å². The zero-order valence-corrected chi connectivity index (χ0v) is 11.3. The van der Waals surface area contributed by atoms with Gasteiger partial charge in [0.05, 0.1) is 0 Å². The molecule has 1 saturated heterocycles. The topological polar surface area (TPSA) is 12.0 Å². The van der Waals surface area contributed by atoms with Crippen LogP contribution in [0.2, 0.25) is 0 Å². The molecule has 18 heavy (non-hydrogen) atoms. The number of alkyl halides is 2. The zero-order valence-electron chi connectivity index (χ0n) is 11.3. The molecule has 1 nitrogen and oxygen atoms in total. The molecule has 100 valence electrons. The van der Waals surface area contributed by atoms with E-state index in [4.69, 9.17) is 0 Å². The van der Waals surface area contributed by atoms with E-state index in [-0.39, 0.29) is 12.8 Å². The van der Waals surface area contributed by atoms with E-state index in [1.807, 2.05) is 51.1 Å². The highest BCUT2D eigenvalue weighted by Crippen LogP contribution is 2.40. The molecule has 1 aromatic carbocycles. The van der Waals surface area contributed by atoms with Gasteiger partial charge in [0.15, 0.2) is 0 Å². The van der Waals surface area contributed by atoms with Gasteiger partial charge in [-0.05, 0) is 32.8 Å². The molecule has 0 saturated carbocycles. The van der Waals surface area contributed by atoms with E-state index < -0.39 is 17.0 Å². The van der Waals surface area contributed by atoms with Gasteiger partial charge < -0.3 is 5.32 Å². The van der Waals surface area contributed by atoms with Crippen molar-refractivity contribution in [3.63, 3.8) is 0 Å². The quantitative estimate of drug-likeness (QED) is 0.845. The molecule has 1 heterocycles. The first kappa shape index (κ1) is 13.5. The molecule has 0 bridgehead atoms. The van der Waals surface area contributed by atoms with Crippen LogP contribution in [0.1, 0.15) is 39.2 Å². The van der Waals surface area contributed by atoms with Crippen LogP contribution in [0.25, 0.3) is 0 Å². The van der Waals surface area contributed by atoms with Crippen molar-refractivity contribution in [2.75, 3.05) is 0 Å². The second-order valence-corrected chi connectivity index (χ2v) is 6.44. The van der Waals surface area contributed by atoms with Gasteiger partial charge in [-0.25, -0.2) is 8.78 Å². The molecule has 1 unspecified atom stereocenters. The number of hydrogen-bond donors (Lipinski definition) is 1. The number of benzene rings is 1. The molecule has 1 atom stereocenters. The third kappa shape index (κ3) is 3.29. The number of rotatable bonds is 2. The van der Waals surface area contributed by atoms with Gasteiger partial charge in [-0.1, -0.05) is 30.3 Å². The normalized spacial score (nSPS) is 30.1. The van der Waals surface area contributed by atoms with Crippen molar-refractivity contribution in [3.05, 3.63) is 35.9 Å². The molecule has 1 aliphatic heterocycles. The highest BCUT2D eigenvalue weighted by molar-refractivity contribution is 5.19. The lowest BCUT2D eigenvalue weighted by atomic mass is 9.76. The summed E-state index contributed by atoms with van der Waals surface area (Å²) in [5, 5.41) is 3.39. The Morgan fingerprint density at radius 2 is 1.67 bits per heavy atom. The van der Waals surface area contributed by atoms with Gasteiger partial charge in [0.1, 0.15) is 0 Å². The summed E-state index contributed by atoms with van der Waals surface area (Å²) < 4.78 is 27.7. The molecule has 1 fully saturated rings. The largest absolute Gasteiger partial charge is 0.306 e. The average molecular weight is 253 g/mol. The average Bonchev–Trinajstić information content (AvgIpc) is 2.11. The Kier molecular flexibility index (Phi) is 3.22. The molecule has 1 aliphatic rings. The van der Waals surface area contributed by atoms with Crippen molar-refractivity contribution in [2.24, 2.45) is 0 Å². The van der Waals surface area contributed by atoms with Gasteiger partial charge in [0.2, 0.25) is 0 Å². The highest BCUT2D eigenvalue weighted by Gasteiger charge is 2.49. The van der Waals surface area contributed by atoms with E-state index in [0.717, 1.165) is 5.56 Å². The third-order valence-corrected chi connectivity index (χ3v) is 3.43. The van der Waals surface area contributed by atoms with E-state index in [1.54, 1.807) is 0 Å². The van der Waals surface area contributed by atoms with E-state index in [2.05, 4.69) is 5.32 Å². The Bertz CT molecular complexity index is 396. The zero-order chi connectivity index (χ0) is 13.4. The summed E-state index contributed by atoms with van der Waals surface area (Å²) >= 11 is 0. The van der Waals surface area contributed by atoms with Crippen molar-refractivity contribution in [1.29, 1.82) is 0 Å². The monoisotopic (exact) mass is 253 g/mol. The minimum Gasteiger partial charge on any atom is -0.306 e. The summed E-state index contributed by atoms with van der Waals surface area (Å²) in [5.74, 6) is -2.59. The van der Waals surface area contributed by atoms with Crippen LogP contribution in [0.4, 0.5) is 8.78 Å². The molecule has 0 spiro atoms. The smallest absolute Gasteiger partial charge is 0.251 e. The minimum absolute atomic E-state index is 0.0929. The predicted molar refractivity (Wildman–Crippen MR) is 69.9 cm³/mol. The molecule has 0 amide bonds. The van der Waals surface area contributed by atoms with Crippen molar-refractivity contribution in [3.8, 4) is 0 Å². The van der Waals surface area contributed by atoms with Gasteiger partial charge in [0, 0.05) is 23.9 Å². The molecule has 0 aromatic heterocycles. The molecule has 3 heteroatoms. The first-order valence-electron chi connectivity index (χ1n) is 6.41. The standard InChI is InChI=1S/C15H21F2N/c1-13(2)10-15(16,17)11-14(3,18-13)9-12-7-5-4-6-8-12/h4-8,18H,9-11H2,1-3H3. The van der Waals surface area contributed by atoms with Gasteiger partial charge >= 0.3 is 0 Å². The van der Waals surface area contributed by atoms with Crippen LogP contribution in [0.5, 0.6) is 0 Å². The number of hydrogen-bond acceptors (Lipinski definition) is 1. The second kappa shape index (κ2) is 4.30. The Balaban J connectivity index is 2.19. The summed E-state index contributed by atoms with van der Waals surface area (Å²) in [5.41, 5.74) is 0.0266. The summed E-state index contributed by atoms with van der Waals surface area (Å²) in [4.78, 5) is 0. The Hall–Kier alpha value is -0.960. The van der Waals surface area contributed by atoms with E-state index in [0.29, 0.717) is 6.42 Å². The molecule has 2 rings (SSSR count). The van der Waals surface area contributed by atoms with Crippen molar-refractivity contribution in [1.82, 2.24) is 5.32 Å². The molecule has 1 N–H and O–H groups in total. The molecular weight excluding hydrogens is 232 g/mol. The first-order valence-corrected chi connectivity index (χ1v) is 6.41. The maximum atomic E-state index is 13.9. The van der Waals surface area contributed by atoms with Gasteiger partial charge in [-0.2, -0.15) is 0 Å². The van der Waals surface area contributed by atoms with Crippen molar-refractivity contribution < 1.29 is 8.78 Å². The maximum absolute atomic E-state index is 13.9. The van der Waals surface area contributed by atoms with Crippen molar-refractivity contribution in [2.45, 2.75) is 57.0 Å². The van der Waals surface area contributed by atoms with Crippen LogP contribution in [0, 0.1) is 0 Å². The van der Waals surface area contributed by atoms with Crippen LogP contribution in [-0.4, -0.2) is 17.0 Å². The van der Waals surface area contributed by atoms with Gasteiger partial charge in [0.25, 0.3) is 5.92 Å². The second-order valence-electron chi connectivity index (χ2n) is 6.44. The highest BCUT2D eigenvalue weighted by atomic mass is 19.3. The summed E-state index contributed by atoms with van der Waals surface area (Å²) in [6.07, 6.45) is 0.440. The fraction of sp³-hybridized carbons (Fsp3) is 0.600. The van der Waals surface area contributed by atoms with Crippen LogP contribution in [0.3, 0.4) is 0 Å². The fourth-order valence-corrected chi connectivity index (χ4v) is 3.34. The maximum Gasteiger partial charge on any atom is 0.251 e. The van der Waals surface area contributed by atoms with Gasteiger partial charge in [-0.15, -0.1) is 0 Å². The lowest BCUT2D eigenvalue weighted by Crippen LogP contribution is -2.63. The number of nitrogens with one attached hydrogen (secondary N) is 1. The van der Waals surface area contributed by atoms with Crippen LogP contribution in [0.15, 0.2) is 30.3 Å². The molecule has 0 radical (unpaired) electrons. The van der Waals surface area contributed by atoms with Crippen molar-refractivity contribution >= 4 is 0 Å². The lowest BCUT2D eigenvalue weighted by molar-refractivity contribution is -0.0917.